The summed E-state index contributed by atoms with van der Waals surface area (Å²) >= 11 is 0. The van der Waals surface area contributed by atoms with E-state index in [1.54, 1.807) is 6.33 Å². The van der Waals surface area contributed by atoms with E-state index in [-0.39, 0.29) is 0 Å². The number of hydrogen-bond donors (Lipinski definition) is 2. The number of anilines is 2. The second-order valence-electron chi connectivity index (χ2n) is 5.02. The summed E-state index contributed by atoms with van der Waals surface area (Å²) < 4.78 is 0. The lowest BCUT2D eigenvalue weighted by Crippen LogP contribution is -1.94. The second kappa shape index (κ2) is 5.33. The number of rotatable bonds is 3. The first-order chi connectivity index (χ1) is 10.9. The van der Waals surface area contributed by atoms with E-state index in [9.17, 15) is 0 Å². The monoisotopic (exact) mass is 286 g/mol. The Labute approximate surface area is 127 Å². The zero-order valence-corrected chi connectivity index (χ0v) is 11.8. The van der Waals surface area contributed by atoms with Gasteiger partial charge in [0.1, 0.15) is 17.8 Å². The van der Waals surface area contributed by atoms with E-state index < -0.39 is 0 Å². The van der Waals surface area contributed by atoms with E-state index in [1.807, 2.05) is 48.5 Å². The van der Waals surface area contributed by atoms with Crippen LogP contribution in [-0.2, 0) is 0 Å². The highest BCUT2D eigenvalue weighted by Crippen LogP contribution is 2.28. The number of aromatic amines is 1. The van der Waals surface area contributed by atoms with E-state index in [4.69, 9.17) is 0 Å². The molecule has 0 spiro atoms. The van der Waals surface area contributed by atoms with E-state index in [0.29, 0.717) is 0 Å². The molecule has 0 saturated carbocycles. The van der Waals surface area contributed by atoms with Crippen LogP contribution in [0.4, 0.5) is 11.5 Å². The van der Waals surface area contributed by atoms with Crippen LogP contribution in [0.2, 0.25) is 0 Å². The summed E-state index contributed by atoms with van der Waals surface area (Å²) in [6, 6.07) is 22.3. The molecular formula is C18H14N4. The molecule has 106 valence electrons. The average Bonchev–Trinajstić information content (AvgIpc) is 3.02. The summed E-state index contributed by atoms with van der Waals surface area (Å²) in [5, 5.41) is 4.32. The van der Waals surface area contributed by atoms with Crippen molar-refractivity contribution in [2.45, 2.75) is 0 Å². The van der Waals surface area contributed by atoms with Crippen molar-refractivity contribution in [1.29, 1.82) is 0 Å². The molecule has 0 unspecified atom stereocenters. The van der Waals surface area contributed by atoms with Crippen LogP contribution >= 0.6 is 0 Å². The lowest BCUT2D eigenvalue weighted by atomic mass is 10.1. The largest absolute Gasteiger partial charge is 0.340 e. The van der Waals surface area contributed by atoms with Crippen LogP contribution in [0.5, 0.6) is 0 Å². The molecule has 0 radical (unpaired) electrons. The Morgan fingerprint density at radius 2 is 1.55 bits per heavy atom. The molecular weight excluding hydrogens is 272 g/mol. The smallest absolute Gasteiger partial charge is 0.143 e. The van der Waals surface area contributed by atoms with E-state index in [0.717, 1.165) is 33.8 Å². The number of fused-ring (bicyclic) bond motifs is 1. The number of nitrogens with zero attached hydrogens (tertiary/aromatic N) is 2. The molecule has 0 aliphatic heterocycles. The summed E-state index contributed by atoms with van der Waals surface area (Å²) in [5.74, 6) is 0.801. The van der Waals surface area contributed by atoms with Crippen LogP contribution in [0.3, 0.4) is 0 Å². The maximum absolute atomic E-state index is 4.37. The molecule has 2 aromatic carbocycles. The number of para-hydroxylation sites is 1. The van der Waals surface area contributed by atoms with Gasteiger partial charge in [0.2, 0.25) is 0 Å². The number of benzene rings is 2. The van der Waals surface area contributed by atoms with Gasteiger partial charge in [-0.2, -0.15) is 0 Å². The zero-order chi connectivity index (χ0) is 14.8. The van der Waals surface area contributed by atoms with Crippen LogP contribution in [0.1, 0.15) is 0 Å². The zero-order valence-electron chi connectivity index (χ0n) is 11.8. The highest BCUT2D eigenvalue weighted by molar-refractivity contribution is 5.92. The molecule has 22 heavy (non-hydrogen) atoms. The second-order valence-corrected chi connectivity index (χ2v) is 5.02. The van der Waals surface area contributed by atoms with Gasteiger partial charge < -0.3 is 10.3 Å². The highest BCUT2D eigenvalue weighted by Gasteiger charge is 2.09. The molecule has 0 saturated heterocycles. The van der Waals surface area contributed by atoms with Crippen molar-refractivity contribution in [2.24, 2.45) is 0 Å². The fraction of sp³-hybridized carbons (Fsp3) is 0. The third-order valence-corrected chi connectivity index (χ3v) is 3.55. The first-order valence-corrected chi connectivity index (χ1v) is 7.11. The van der Waals surface area contributed by atoms with Gasteiger partial charge in [-0.15, -0.1) is 0 Å². The number of hydrogen-bond acceptors (Lipinski definition) is 3. The van der Waals surface area contributed by atoms with Crippen LogP contribution in [0.15, 0.2) is 73.1 Å². The maximum Gasteiger partial charge on any atom is 0.143 e. The average molecular weight is 286 g/mol. The molecule has 0 bridgehead atoms. The number of nitrogens with one attached hydrogen (secondary N) is 2. The molecule has 0 aliphatic carbocycles. The maximum atomic E-state index is 4.37. The molecule has 4 rings (SSSR count). The number of aromatic nitrogens is 3. The van der Waals surface area contributed by atoms with Crippen LogP contribution in [0, 0.1) is 0 Å². The summed E-state index contributed by atoms with van der Waals surface area (Å²) in [4.78, 5) is 12.0. The van der Waals surface area contributed by atoms with Crippen molar-refractivity contribution >= 4 is 22.5 Å². The standard InChI is InChI=1S/C18H14N4/c1-3-7-13(8-4-1)16-11-15-17(19-12-20-18(15)22-16)21-14-9-5-2-6-10-14/h1-12H,(H2,19,20,21,22). The van der Waals surface area contributed by atoms with Gasteiger partial charge >= 0.3 is 0 Å². The Morgan fingerprint density at radius 3 is 2.32 bits per heavy atom. The first kappa shape index (κ1) is 12.6. The Hall–Kier alpha value is -3.14. The summed E-state index contributed by atoms with van der Waals surface area (Å²) in [6.07, 6.45) is 1.57. The predicted octanol–water partition coefficient (Wildman–Crippen LogP) is 4.37. The third-order valence-electron chi connectivity index (χ3n) is 3.55. The van der Waals surface area contributed by atoms with Gasteiger partial charge in [0, 0.05) is 11.4 Å². The molecule has 2 aromatic heterocycles. The predicted molar refractivity (Wildman–Crippen MR) is 89.0 cm³/mol. The lowest BCUT2D eigenvalue weighted by Gasteiger charge is -2.05. The summed E-state index contributed by atoms with van der Waals surface area (Å²) in [6.45, 7) is 0. The third kappa shape index (κ3) is 2.31. The van der Waals surface area contributed by atoms with Gasteiger partial charge in [-0.3, -0.25) is 0 Å². The fourth-order valence-electron chi connectivity index (χ4n) is 2.47. The minimum absolute atomic E-state index is 0.801. The van der Waals surface area contributed by atoms with Gasteiger partial charge in [0.15, 0.2) is 0 Å². The fourth-order valence-corrected chi connectivity index (χ4v) is 2.47. The Kier molecular flexibility index (Phi) is 3.05. The van der Waals surface area contributed by atoms with E-state index in [2.05, 4.69) is 38.5 Å². The van der Waals surface area contributed by atoms with Gasteiger partial charge in [0.25, 0.3) is 0 Å². The Morgan fingerprint density at radius 1 is 0.818 bits per heavy atom. The molecule has 2 N–H and O–H groups in total. The number of H-pyrrole nitrogens is 1. The summed E-state index contributed by atoms with van der Waals surface area (Å²) in [7, 11) is 0. The SMILES string of the molecule is c1ccc(Nc2ncnc3[nH]c(-c4ccccc4)cc23)cc1. The first-order valence-electron chi connectivity index (χ1n) is 7.11. The molecule has 4 heteroatoms. The molecule has 4 aromatic rings. The topological polar surface area (TPSA) is 53.6 Å². The van der Waals surface area contributed by atoms with Crippen molar-refractivity contribution in [3.8, 4) is 11.3 Å². The van der Waals surface area contributed by atoms with Gasteiger partial charge in [0.05, 0.1) is 5.39 Å². The minimum atomic E-state index is 0.801. The van der Waals surface area contributed by atoms with Crippen LogP contribution in [0.25, 0.3) is 22.3 Å². The highest BCUT2D eigenvalue weighted by atomic mass is 15.0. The van der Waals surface area contributed by atoms with Gasteiger partial charge in [-0.25, -0.2) is 9.97 Å². The minimum Gasteiger partial charge on any atom is -0.340 e. The van der Waals surface area contributed by atoms with E-state index in [1.165, 1.54) is 0 Å². The quantitative estimate of drug-likeness (QED) is 0.588. The lowest BCUT2D eigenvalue weighted by molar-refractivity contribution is 1.20. The molecule has 0 aliphatic rings. The van der Waals surface area contributed by atoms with Crippen molar-refractivity contribution in [3.63, 3.8) is 0 Å². The van der Waals surface area contributed by atoms with Crippen molar-refractivity contribution < 1.29 is 0 Å². The Balaban J connectivity index is 1.78. The molecule has 4 nitrogen and oxygen atoms in total. The van der Waals surface area contributed by atoms with Gasteiger partial charge in [-0.05, 0) is 23.8 Å². The van der Waals surface area contributed by atoms with Crippen LogP contribution in [-0.4, -0.2) is 15.0 Å². The molecule has 0 fully saturated rings. The normalized spacial score (nSPS) is 10.7. The van der Waals surface area contributed by atoms with Crippen molar-refractivity contribution in [1.82, 2.24) is 15.0 Å². The van der Waals surface area contributed by atoms with E-state index >= 15 is 0 Å². The van der Waals surface area contributed by atoms with Crippen molar-refractivity contribution in [3.05, 3.63) is 73.1 Å². The van der Waals surface area contributed by atoms with Crippen molar-refractivity contribution in [2.75, 3.05) is 5.32 Å². The van der Waals surface area contributed by atoms with Gasteiger partial charge in [-0.1, -0.05) is 48.5 Å². The molecule has 0 amide bonds. The molecule has 2 heterocycles. The summed E-state index contributed by atoms with van der Waals surface area (Å²) in [5.41, 5.74) is 4.00. The Bertz CT molecular complexity index is 898. The molecule has 0 atom stereocenters. The van der Waals surface area contributed by atoms with Crippen LogP contribution < -0.4 is 5.32 Å².